The molecule has 0 fully saturated rings. The molecule has 0 aromatic carbocycles. The monoisotopic (exact) mass is 243 g/mol. The molecule has 0 saturated heterocycles. The van der Waals surface area contributed by atoms with Crippen LogP contribution in [0.4, 0.5) is 0 Å². The van der Waals surface area contributed by atoms with Crippen molar-refractivity contribution in [2.24, 2.45) is 0 Å². The van der Waals surface area contributed by atoms with E-state index in [0.717, 1.165) is 17.8 Å². The Kier molecular flexibility index (Phi) is 3.04. The lowest BCUT2D eigenvalue weighted by Gasteiger charge is -1.96. The molecule has 0 unspecified atom stereocenters. The van der Waals surface area contributed by atoms with Gasteiger partial charge in [-0.15, -0.1) is 0 Å². The first-order chi connectivity index (χ1) is 7.22. The van der Waals surface area contributed by atoms with Gasteiger partial charge in [-0.25, -0.2) is 0 Å². The second kappa shape index (κ2) is 4.30. The van der Waals surface area contributed by atoms with E-state index in [9.17, 15) is 4.79 Å². The third-order valence-electron chi connectivity index (χ3n) is 2.04. The first kappa shape index (κ1) is 10.6. The summed E-state index contributed by atoms with van der Waals surface area (Å²) in [7, 11) is 1.89. The van der Waals surface area contributed by atoms with Crippen LogP contribution >= 0.6 is 22.9 Å². The maximum atomic E-state index is 11.0. The van der Waals surface area contributed by atoms with Crippen LogP contribution in [0.5, 0.6) is 0 Å². The van der Waals surface area contributed by atoms with Crippen molar-refractivity contribution in [1.82, 2.24) is 14.7 Å². The molecule has 2 heterocycles. The number of likely N-dealkylation sites (N-methyl/N-ethyl adjacent to an activating group) is 1. The van der Waals surface area contributed by atoms with Crippen LogP contribution in [-0.4, -0.2) is 23.0 Å². The molecule has 15 heavy (non-hydrogen) atoms. The summed E-state index contributed by atoms with van der Waals surface area (Å²) in [5.41, 5.74) is -0.229. The van der Waals surface area contributed by atoms with E-state index < -0.39 is 0 Å². The summed E-state index contributed by atoms with van der Waals surface area (Å²) in [6, 6.07) is 1.41. The predicted molar refractivity (Wildman–Crippen MR) is 62.0 cm³/mol. The molecule has 2 aromatic heterocycles. The number of halogens is 1. The van der Waals surface area contributed by atoms with Crippen LogP contribution in [0, 0.1) is 0 Å². The van der Waals surface area contributed by atoms with Crippen molar-refractivity contribution in [3.05, 3.63) is 32.6 Å². The summed E-state index contributed by atoms with van der Waals surface area (Å²) in [6.45, 7) is 0.858. The normalized spacial score (nSPS) is 11.1. The lowest BCUT2D eigenvalue weighted by Crippen LogP contribution is -2.09. The van der Waals surface area contributed by atoms with Crippen molar-refractivity contribution in [1.29, 1.82) is 0 Å². The van der Waals surface area contributed by atoms with Crippen LogP contribution < -0.4 is 10.9 Å². The van der Waals surface area contributed by atoms with Gasteiger partial charge >= 0.3 is 0 Å². The Balaban J connectivity index is 2.49. The largest absolute Gasteiger partial charge is 0.319 e. The third kappa shape index (κ3) is 2.04. The Morgan fingerprint density at radius 3 is 3.20 bits per heavy atom. The van der Waals surface area contributed by atoms with E-state index in [1.807, 2.05) is 7.05 Å². The maximum Gasteiger partial charge on any atom is 0.273 e. The average Bonchev–Trinajstić information content (AvgIpc) is 2.52. The van der Waals surface area contributed by atoms with E-state index in [1.54, 1.807) is 10.6 Å². The molecule has 0 amide bonds. The fourth-order valence-corrected chi connectivity index (χ4v) is 2.68. The van der Waals surface area contributed by atoms with E-state index >= 15 is 0 Å². The van der Waals surface area contributed by atoms with Crippen molar-refractivity contribution in [3.8, 4) is 0 Å². The van der Waals surface area contributed by atoms with Crippen molar-refractivity contribution in [3.63, 3.8) is 0 Å². The third-order valence-corrected chi connectivity index (χ3v) is 3.67. The number of hydrogen-bond donors (Lipinski definition) is 1. The number of nitrogens with one attached hydrogen (secondary N) is 1. The van der Waals surface area contributed by atoms with Crippen LogP contribution in [0.3, 0.4) is 0 Å². The first-order valence-corrected chi connectivity index (χ1v) is 5.73. The topological polar surface area (TPSA) is 46.4 Å². The fraction of sp³-hybridized carbons (Fsp3) is 0.333. The van der Waals surface area contributed by atoms with Gasteiger partial charge in [-0.2, -0.15) is 4.98 Å². The van der Waals surface area contributed by atoms with E-state index in [1.165, 1.54) is 17.4 Å². The van der Waals surface area contributed by atoms with Gasteiger partial charge in [0.2, 0.25) is 0 Å². The highest BCUT2D eigenvalue weighted by atomic mass is 35.5. The molecule has 80 valence electrons. The number of rotatable bonds is 3. The molecule has 0 spiro atoms. The van der Waals surface area contributed by atoms with Gasteiger partial charge in [-0.05, 0) is 20.0 Å². The van der Waals surface area contributed by atoms with Crippen molar-refractivity contribution < 1.29 is 0 Å². The second-order valence-corrected chi connectivity index (χ2v) is 4.51. The zero-order valence-corrected chi connectivity index (χ0v) is 9.73. The Labute approximate surface area is 95.5 Å². The van der Waals surface area contributed by atoms with Gasteiger partial charge in [0.25, 0.3) is 5.56 Å². The molecular formula is C9H10ClN3OS. The minimum atomic E-state index is -0.229. The SMILES string of the molecule is CNCCc1sc2nc(=O)ccn2c1Cl. The van der Waals surface area contributed by atoms with E-state index in [0.29, 0.717) is 10.1 Å². The van der Waals surface area contributed by atoms with E-state index in [4.69, 9.17) is 11.6 Å². The molecule has 1 N–H and O–H groups in total. The number of hydrogen-bond acceptors (Lipinski definition) is 4. The van der Waals surface area contributed by atoms with Gasteiger partial charge < -0.3 is 5.32 Å². The van der Waals surface area contributed by atoms with Crippen molar-refractivity contribution in [2.45, 2.75) is 6.42 Å². The summed E-state index contributed by atoms with van der Waals surface area (Å²) in [6.07, 6.45) is 2.50. The summed E-state index contributed by atoms with van der Waals surface area (Å²) in [5, 5.41) is 3.71. The molecule has 0 aliphatic heterocycles. The summed E-state index contributed by atoms with van der Waals surface area (Å²) >= 11 is 7.61. The fourth-order valence-electron chi connectivity index (χ4n) is 1.29. The second-order valence-electron chi connectivity index (χ2n) is 3.09. The number of nitrogens with zero attached hydrogens (tertiary/aromatic N) is 2. The van der Waals surface area contributed by atoms with Crippen LogP contribution in [-0.2, 0) is 6.42 Å². The summed E-state index contributed by atoms with van der Waals surface area (Å²) in [5.74, 6) is 0. The molecule has 0 saturated carbocycles. The van der Waals surface area contributed by atoms with E-state index in [-0.39, 0.29) is 5.56 Å². The minimum absolute atomic E-state index is 0.229. The van der Waals surface area contributed by atoms with Crippen LogP contribution in [0.15, 0.2) is 17.1 Å². The number of thiazole rings is 1. The zero-order chi connectivity index (χ0) is 10.8. The number of aromatic nitrogens is 2. The quantitative estimate of drug-likeness (QED) is 0.881. The van der Waals surface area contributed by atoms with Crippen molar-refractivity contribution in [2.75, 3.05) is 13.6 Å². The average molecular weight is 244 g/mol. The van der Waals surface area contributed by atoms with Crippen LogP contribution in [0.2, 0.25) is 5.15 Å². The van der Waals surface area contributed by atoms with Gasteiger partial charge in [0.05, 0.1) is 0 Å². The standard InChI is InChI=1S/C9H10ClN3OS/c1-11-4-2-6-8(10)13-5-3-7(14)12-9(13)15-6/h3,5,11H,2,4H2,1H3. The number of fused-ring (bicyclic) bond motifs is 1. The minimum Gasteiger partial charge on any atom is -0.319 e. The molecule has 0 radical (unpaired) electrons. The molecule has 0 aliphatic carbocycles. The lowest BCUT2D eigenvalue weighted by atomic mass is 10.4. The van der Waals surface area contributed by atoms with Gasteiger partial charge in [0.1, 0.15) is 5.15 Å². The molecule has 4 nitrogen and oxygen atoms in total. The van der Waals surface area contributed by atoms with Gasteiger partial charge in [0.15, 0.2) is 4.96 Å². The molecule has 2 rings (SSSR count). The summed E-state index contributed by atoms with van der Waals surface area (Å²) in [4.78, 5) is 16.6. The van der Waals surface area contributed by atoms with Crippen LogP contribution in [0.1, 0.15) is 4.88 Å². The highest BCUT2D eigenvalue weighted by Gasteiger charge is 2.09. The molecule has 2 aromatic rings. The Morgan fingerprint density at radius 1 is 1.67 bits per heavy atom. The molecule has 6 heteroatoms. The Morgan fingerprint density at radius 2 is 2.47 bits per heavy atom. The summed E-state index contributed by atoms with van der Waals surface area (Å²) < 4.78 is 1.73. The highest BCUT2D eigenvalue weighted by molar-refractivity contribution is 7.17. The van der Waals surface area contributed by atoms with Gasteiger partial charge in [-0.1, -0.05) is 22.9 Å². The predicted octanol–water partition coefficient (Wildman–Crippen LogP) is 1.17. The maximum absolute atomic E-state index is 11.0. The van der Waals surface area contributed by atoms with E-state index in [2.05, 4.69) is 10.3 Å². The lowest BCUT2D eigenvalue weighted by molar-refractivity contribution is 0.797. The molecule has 0 atom stereocenters. The Hall–Kier alpha value is -0.910. The smallest absolute Gasteiger partial charge is 0.273 e. The molecule has 0 bridgehead atoms. The molecular weight excluding hydrogens is 234 g/mol. The van der Waals surface area contributed by atoms with Gasteiger partial charge in [-0.3, -0.25) is 9.20 Å². The Bertz CT molecular complexity index is 534. The van der Waals surface area contributed by atoms with Crippen LogP contribution in [0.25, 0.3) is 4.96 Å². The van der Waals surface area contributed by atoms with Gasteiger partial charge in [0, 0.05) is 17.1 Å². The zero-order valence-electron chi connectivity index (χ0n) is 8.16. The van der Waals surface area contributed by atoms with Crippen molar-refractivity contribution >= 4 is 27.9 Å². The highest BCUT2D eigenvalue weighted by Crippen LogP contribution is 2.25. The molecule has 0 aliphatic rings. The first-order valence-electron chi connectivity index (χ1n) is 4.53.